The minimum absolute atomic E-state index is 0.750. The van der Waals surface area contributed by atoms with E-state index in [9.17, 15) is 0 Å². The summed E-state index contributed by atoms with van der Waals surface area (Å²) >= 11 is 0. The zero-order valence-electron chi connectivity index (χ0n) is 15.4. The Hall–Kier alpha value is -1.24. The van der Waals surface area contributed by atoms with Gasteiger partial charge in [-0.25, -0.2) is 20.4 Å². The third kappa shape index (κ3) is 44.9. The monoisotopic (exact) mass is 326 g/mol. The number of nitrogens with one attached hydrogen (secondary N) is 2. The van der Waals surface area contributed by atoms with Crippen LogP contribution in [0.3, 0.4) is 0 Å². The van der Waals surface area contributed by atoms with Crippen LogP contribution in [0, 0.1) is 10.8 Å². The molecule has 0 aliphatic rings. The summed E-state index contributed by atoms with van der Waals surface area (Å²) in [6.07, 6.45) is 23.4. The molecule has 0 aromatic rings. The second kappa shape index (κ2) is 32.6. The summed E-state index contributed by atoms with van der Waals surface area (Å²) in [6.45, 7) is 4.58. The van der Waals surface area contributed by atoms with E-state index in [-0.39, 0.29) is 0 Å². The molecule has 0 atom stereocenters. The Kier molecular flexibility index (Phi) is 37.8. The Morgan fingerprint density at radius 1 is 0.478 bits per heavy atom. The molecule has 0 radical (unpaired) electrons. The lowest BCUT2D eigenvalue weighted by atomic mass is 10.0. The van der Waals surface area contributed by atoms with Crippen LogP contribution in [-0.4, -0.2) is 12.2 Å². The Bertz CT molecular complexity index is 230. The third-order valence-electron chi connectivity index (χ3n) is 3.71. The van der Waals surface area contributed by atoms with E-state index in [1.807, 2.05) is 0 Å². The molecule has 0 aromatic heterocycles. The van der Waals surface area contributed by atoms with Crippen LogP contribution in [0.15, 0.2) is 0 Å². The fourth-order valence-electron chi connectivity index (χ4n) is 2.44. The maximum atomic E-state index is 8.35. The van der Waals surface area contributed by atoms with Crippen molar-refractivity contribution in [2.24, 2.45) is 0 Å². The molecule has 0 heterocycles. The molecular formula is C19H38N2O2. The second-order valence-corrected chi connectivity index (χ2v) is 5.80. The highest BCUT2D eigenvalue weighted by Crippen LogP contribution is 2.13. The lowest BCUT2D eigenvalue weighted by Crippen LogP contribution is -1.82. The highest BCUT2D eigenvalue weighted by atomic mass is 16.1. The molecular weight excluding hydrogens is 288 g/mol. The summed E-state index contributed by atoms with van der Waals surface area (Å²) in [7, 11) is 0. The molecule has 0 fully saturated rings. The first-order valence-corrected chi connectivity index (χ1v) is 9.32. The highest BCUT2D eigenvalue weighted by Gasteiger charge is 1.93. The molecule has 4 heteroatoms. The Labute approximate surface area is 143 Å². The summed E-state index contributed by atoms with van der Waals surface area (Å²) < 4.78 is 0. The summed E-state index contributed by atoms with van der Waals surface area (Å²) in [4.78, 5) is 16.7. The molecule has 0 bridgehead atoms. The number of unbranched alkanes of at least 4 members (excludes halogenated alkanes) is 14. The maximum absolute atomic E-state index is 8.35. The lowest BCUT2D eigenvalue weighted by Gasteiger charge is -2.02. The molecule has 0 amide bonds. The van der Waals surface area contributed by atoms with Crippen LogP contribution in [0.1, 0.15) is 110 Å². The summed E-state index contributed by atoms with van der Waals surface area (Å²) in [5.74, 6) is 0. The predicted octanol–water partition coefficient (Wildman–Crippen LogP) is 6.68. The molecule has 0 spiro atoms. The fourth-order valence-corrected chi connectivity index (χ4v) is 2.44. The van der Waals surface area contributed by atoms with E-state index in [1.54, 1.807) is 0 Å². The van der Waals surface area contributed by atoms with Crippen LogP contribution in [-0.2, 0) is 9.59 Å². The molecule has 0 saturated carbocycles. The van der Waals surface area contributed by atoms with E-state index in [4.69, 9.17) is 20.4 Å². The number of carbonyl (C=O) groups excluding carboxylic acids is 2. The average Bonchev–Trinajstić information content (AvgIpc) is 2.53. The number of isocyanates is 2. The van der Waals surface area contributed by atoms with Crippen LogP contribution < -0.4 is 0 Å². The number of rotatable bonds is 14. The quantitative estimate of drug-likeness (QED) is 0.212. The van der Waals surface area contributed by atoms with E-state index >= 15 is 0 Å². The molecule has 0 saturated heterocycles. The van der Waals surface area contributed by atoms with Gasteiger partial charge in [0.1, 0.15) is 0 Å². The topological polar surface area (TPSA) is 81.8 Å². The van der Waals surface area contributed by atoms with Gasteiger partial charge >= 0.3 is 0 Å². The molecule has 0 unspecified atom stereocenters. The van der Waals surface area contributed by atoms with E-state index in [2.05, 4.69) is 13.8 Å². The summed E-state index contributed by atoms with van der Waals surface area (Å²) in [5.41, 5.74) is 0. The first-order chi connectivity index (χ1) is 11.2. The standard InChI is InChI=1S/C17H36.2CHNO/c1-3-5-7-9-11-13-15-17-16-14-12-10-8-6-4-2;2*2-1-3/h3-17H2,1-2H3;2*2H. The van der Waals surface area contributed by atoms with E-state index in [1.165, 1.54) is 96.3 Å². The van der Waals surface area contributed by atoms with Crippen molar-refractivity contribution in [1.29, 1.82) is 10.8 Å². The fraction of sp³-hybridized carbons (Fsp3) is 0.895. The zero-order valence-corrected chi connectivity index (χ0v) is 15.4. The molecule has 0 aliphatic heterocycles. The molecule has 4 nitrogen and oxygen atoms in total. The molecule has 0 aliphatic carbocycles. The van der Waals surface area contributed by atoms with Crippen LogP contribution in [0.5, 0.6) is 0 Å². The van der Waals surface area contributed by atoms with Gasteiger partial charge in [0.2, 0.25) is 12.2 Å². The summed E-state index contributed by atoms with van der Waals surface area (Å²) in [5, 5.41) is 10.8. The van der Waals surface area contributed by atoms with Crippen molar-refractivity contribution in [3.63, 3.8) is 0 Å². The van der Waals surface area contributed by atoms with E-state index < -0.39 is 0 Å². The SMILES string of the molecule is CCCCCCCCCCCCCCCCC.N=C=O.N=C=O. The number of hydrogen-bond acceptors (Lipinski definition) is 4. The van der Waals surface area contributed by atoms with Gasteiger partial charge in [-0.15, -0.1) is 0 Å². The van der Waals surface area contributed by atoms with Gasteiger partial charge < -0.3 is 0 Å². The summed E-state index contributed by atoms with van der Waals surface area (Å²) in [6, 6.07) is 0. The minimum Gasteiger partial charge on any atom is -0.222 e. The Balaban J connectivity index is -0.000000573. The predicted molar refractivity (Wildman–Crippen MR) is 97.4 cm³/mol. The number of hydrogen-bond donors (Lipinski definition) is 2. The van der Waals surface area contributed by atoms with Gasteiger partial charge in [0, 0.05) is 0 Å². The minimum atomic E-state index is 0.750. The van der Waals surface area contributed by atoms with Gasteiger partial charge in [0.15, 0.2) is 0 Å². The maximum Gasteiger partial charge on any atom is 0.231 e. The first-order valence-electron chi connectivity index (χ1n) is 9.32. The molecule has 0 aromatic carbocycles. The average molecular weight is 327 g/mol. The van der Waals surface area contributed by atoms with Gasteiger partial charge in [-0.05, 0) is 0 Å². The molecule has 2 N–H and O–H groups in total. The molecule has 0 rings (SSSR count). The van der Waals surface area contributed by atoms with Gasteiger partial charge in [-0.2, -0.15) is 0 Å². The Morgan fingerprint density at radius 3 is 0.739 bits per heavy atom. The molecule has 23 heavy (non-hydrogen) atoms. The second-order valence-electron chi connectivity index (χ2n) is 5.80. The van der Waals surface area contributed by atoms with Crippen LogP contribution in [0.4, 0.5) is 0 Å². The van der Waals surface area contributed by atoms with Crippen molar-refractivity contribution < 1.29 is 9.59 Å². The third-order valence-corrected chi connectivity index (χ3v) is 3.71. The first kappa shape index (κ1) is 26.6. The largest absolute Gasteiger partial charge is 0.231 e. The lowest BCUT2D eigenvalue weighted by molar-refractivity contribution is 0.534. The van der Waals surface area contributed by atoms with E-state index in [0.29, 0.717) is 0 Å². The van der Waals surface area contributed by atoms with Crippen molar-refractivity contribution in [1.82, 2.24) is 0 Å². The normalized spacial score (nSPS) is 8.78. The highest BCUT2D eigenvalue weighted by molar-refractivity contribution is 5.26. The van der Waals surface area contributed by atoms with Crippen LogP contribution >= 0.6 is 0 Å². The van der Waals surface area contributed by atoms with Gasteiger partial charge in [-0.3, -0.25) is 0 Å². The molecule has 136 valence electrons. The van der Waals surface area contributed by atoms with Crippen LogP contribution in [0.25, 0.3) is 0 Å². The van der Waals surface area contributed by atoms with Gasteiger partial charge in [-0.1, -0.05) is 110 Å². The van der Waals surface area contributed by atoms with Gasteiger partial charge in [0.25, 0.3) is 0 Å². The van der Waals surface area contributed by atoms with Crippen LogP contribution in [0.2, 0.25) is 0 Å². The van der Waals surface area contributed by atoms with Crippen molar-refractivity contribution in [2.75, 3.05) is 0 Å². The van der Waals surface area contributed by atoms with Crippen molar-refractivity contribution >= 4 is 12.2 Å². The van der Waals surface area contributed by atoms with Crippen molar-refractivity contribution in [2.45, 2.75) is 110 Å². The Morgan fingerprint density at radius 2 is 0.609 bits per heavy atom. The van der Waals surface area contributed by atoms with Crippen molar-refractivity contribution in [3.05, 3.63) is 0 Å². The van der Waals surface area contributed by atoms with Crippen molar-refractivity contribution in [3.8, 4) is 0 Å². The van der Waals surface area contributed by atoms with E-state index in [0.717, 1.165) is 12.2 Å². The zero-order chi connectivity index (χ0) is 18.0. The smallest absolute Gasteiger partial charge is 0.222 e. The van der Waals surface area contributed by atoms with Gasteiger partial charge in [0.05, 0.1) is 0 Å².